The number of nitrogens with zero attached hydrogens (tertiary/aromatic N) is 2. The maximum Gasteiger partial charge on any atom is 0.229 e. The van der Waals surface area contributed by atoms with Gasteiger partial charge in [-0.15, -0.1) is 0 Å². The Kier molecular flexibility index (Phi) is 5.62. The monoisotopic (exact) mass is 401 g/mol. The van der Waals surface area contributed by atoms with Crippen molar-refractivity contribution in [2.75, 3.05) is 37.5 Å². The second kappa shape index (κ2) is 8.32. The molecule has 2 aliphatic heterocycles. The summed E-state index contributed by atoms with van der Waals surface area (Å²) in [6.45, 7) is 2.45. The normalized spacial score (nSPS) is 18.5. The van der Waals surface area contributed by atoms with E-state index >= 15 is 4.39 Å². The Morgan fingerprint density at radius 3 is 2.93 bits per heavy atom. The predicted octanol–water partition coefficient (Wildman–Crippen LogP) is 3.75. The van der Waals surface area contributed by atoms with Gasteiger partial charge in [-0.2, -0.15) is 4.98 Å². The first-order valence-corrected chi connectivity index (χ1v) is 9.86. The highest BCUT2D eigenvalue weighted by Crippen LogP contribution is 2.42. The number of rotatable bonds is 5. The topological polar surface area (TPSA) is 71.1 Å². The van der Waals surface area contributed by atoms with Crippen molar-refractivity contribution >= 4 is 23.0 Å². The molecule has 0 fully saturated rings. The number of nitrogens with one attached hydrogen (secondary N) is 3. The molecule has 2 aliphatic rings. The third kappa shape index (κ3) is 4.03. The van der Waals surface area contributed by atoms with Gasteiger partial charge in [0.05, 0.1) is 17.9 Å². The summed E-state index contributed by atoms with van der Waals surface area (Å²) in [5, 5.41) is 9.15. The molecule has 3 N–H and O–H groups in total. The number of fused-ring (bicyclic) bond motifs is 1. The van der Waals surface area contributed by atoms with E-state index in [9.17, 15) is 4.39 Å². The third-order valence-corrected chi connectivity index (χ3v) is 5.29. The van der Waals surface area contributed by atoms with Crippen LogP contribution in [0.1, 0.15) is 29.7 Å². The molecule has 0 radical (unpaired) electrons. The molecule has 29 heavy (non-hydrogen) atoms. The Balaban J connectivity index is 1.73. The molecule has 0 spiro atoms. The summed E-state index contributed by atoms with van der Waals surface area (Å²) in [5.41, 5.74) is 3.34. The standard InChI is InChI=1S/C21H25F2N5O/c1-12-9-17(24-2)28-21(26-12)27-16-10-14-6-8-29-20(14)18(19(16)23)13-3-4-15(11-22)25-7-5-13/h5,9-10,15,25H,3-4,6-8,11H2,1-2H3,(H2,24,26,27,28)/t15-/m1/s1. The quantitative estimate of drug-likeness (QED) is 0.709. The molecule has 0 saturated carbocycles. The lowest BCUT2D eigenvalue weighted by atomic mass is 9.95. The van der Waals surface area contributed by atoms with Crippen LogP contribution in [-0.4, -0.2) is 42.9 Å². The van der Waals surface area contributed by atoms with E-state index in [1.54, 1.807) is 13.1 Å². The second-order valence-corrected chi connectivity index (χ2v) is 7.32. The van der Waals surface area contributed by atoms with Crippen molar-refractivity contribution in [2.24, 2.45) is 0 Å². The SMILES string of the molecule is CNc1cc(C)nc(Nc2cc3c(c(C4=CCN[C@@H](CF)CC4)c2F)OCC3)n1. The van der Waals surface area contributed by atoms with Crippen LogP contribution in [0.4, 0.5) is 26.2 Å². The van der Waals surface area contributed by atoms with Gasteiger partial charge < -0.3 is 20.7 Å². The lowest BCUT2D eigenvalue weighted by molar-refractivity contribution is 0.353. The summed E-state index contributed by atoms with van der Waals surface area (Å²) in [4.78, 5) is 8.73. The van der Waals surface area contributed by atoms with E-state index in [0.29, 0.717) is 61.2 Å². The highest BCUT2D eigenvalue weighted by atomic mass is 19.1. The number of ether oxygens (including phenoxy) is 1. The first kappa shape index (κ1) is 19.6. The van der Waals surface area contributed by atoms with Crippen molar-refractivity contribution < 1.29 is 13.5 Å². The third-order valence-electron chi connectivity index (χ3n) is 5.29. The van der Waals surface area contributed by atoms with Crippen molar-refractivity contribution in [3.8, 4) is 5.75 Å². The highest BCUT2D eigenvalue weighted by molar-refractivity contribution is 5.78. The van der Waals surface area contributed by atoms with E-state index in [2.05, 4.69) is 25.9 Å². The number of hydrogen-bond acceptors (Lipinski definition) is 6. The molecular weight excluding hydrogens is 376 g/mol. The number of anilines is 3. The van der Waals surface area contributed by atoms with Gasteiger partial charge in [0, 0.05) is 43.4 Å². The van der Waals surface area contributed by atoms with Gasteiger partial charge in [-0.1, -0.05) is 6.08 Å². The largest absolute Gasteiger partial charge is 0.492 e. The molecule has 8 heteroatoms. The van der Waals surface area contributed by atoms with Gasteiger partial charge in [-0.05, 0) is 31.4 Å². The first-order valence-electron chi connectivity index (χ1n) is 9.86. The number of benzene rings is 1. The van der Waals surface area contributed by atoms with E-state index in [1.807, 2.05) is 19.1 Å². The number of alkyl halides is 1. The molecule has 6 nitrogen and oxygen atoms in total. The van der Waals surface area contributed by atoms with Crippen LogP contribution in [0.2, 0.25) is 0 Å². The molecule has 1 aromatic heterocycles. The van der Waals surface area contributed by atoms with Crippen LogP contribution in [0.3, 0.4) is 0 Å². The second-order valence-electron chi connectivity index (χ2n) is 7.32. The fraction of sp³-hybridized carbons (Fsp3) is 0.429. The Hall–Kier alpha value is -2.74. The first-order chi connectivity index (χ1) is 14.1. The molecule has 154 valence electrons. The molecule has 0 bridgehead atoms. The van der Waals surface area contributed by atoms with Crippen LogP contribution in [0, 0.1) is 12.7 Å². The van der Waals surface area contributed by atoms with Gasteiger partial charge >= 0.3 is 0 Å². The molecule has 4 rings (SSSR count). The van der Waals surface area contributed by atoms with Crippen molar-refractivity contribution in [2.45, 2.75) is 32.2 Å². The van der Waals surface area contributed by atoms with Crippen LogP contribution in [0.15, 0.2) is 18.2 Å². The molecule has 3 heterocycles. The molecule has 0 unspecified atom stereocenters. The number of halogens is 2. The van der Waals surface area contributed by atoms with Crippen molar-refractivity contribution in [3.05, 3.63) is 40.8 Å². The zero-order chi connectivity index (χ0) is 20.4. The maximum atomic E-state index is 15.6. The van der Waals surface area contributed by atoms with Gasteiger partial charge in [0.15, 0.2) is 5.82 Å². The van der Waals surface area contributed by atoms with E-state index in [-0.39, 0.29) is 6.04 Å². The molecule has 2 aromatic rings. The Labute approximate surface area is 168 Å². The van der Waals surface area contributed by atoms with Gasteiger partial charge in [-0.25, -0.2) is 13.8 Å². The Morgan fingerprint density at radius 2 is 2.14 bits per heavy atom. The predicted molar refractivity (Wildman–Crippen MR) is 110 cm³/mol. The van der Waals surface area contributed by atoms with E-state index < -0.39 is 12.5 Å². The number of hydrogen-bond donors (Lipinski definition) is 3. The van der Waals surface area contributed by atoms with Crippen molar-refractivity contribution in [1.82, 2.24) is 15.3 Å². The summed E-state index contributed by atoms with van der Waals surface area (Å²) in [6, 6.07) is 3.38. The fourth-order valence-corrected chi connectivity index (χ4v) is 3.80. The van der Waals surface area contributed by atoms with Crippen LogP contribution in [-0.2, 0) is 6.42 Å². The van der Waals surface area contributed by atoms with Gasteiger partial charge in [-0.3, -0.25) is 0 Å². The summed E-state index contributed by atoms with van der Waals surface area (Å²) < 4.78 is 34.5. The summed E-state index contributed by atoms with van der Waals surface area (Å²) >= 11 is 0. The summed E-state index contributed by atoms with van der Waals surface area (Å²) in [6.07, 6.45) is 3.85. The zero-order valence-corrected chi connectivity index (χ0v) is 16.6. The molecule has 1 atom stereocenters. The molecule has 0 aliphatic carbocycles. The van der Waals surface area contributed by atoms with Gasteiger partial charge in [0.1, 0.15) is 18.2 Å². The zero-order valence-electron chi connectivity index (χ0n) is 16.6. The van der Waals surface area contributed by atoms with E-state index in [4.69, 9.17) is 4.74 Å². The number of aryl methyl sites for hydroxylation is 1. The molecule has 1 aromatic carbocycles. The molecule has 0 amide bonds. The summed E-state index contributed by atoms with van der Waals surface area (Å²) in [5.74, 6) is 1.18. The summed E-state index contributed by atoms with van der Waals surface area (Å²) in [7, 11) is 1.77. The average Bonchev–Trinajstić information content (AvgIpc) is 3.04. The smallest absolute Gasteiger partial charge is 0.229 e. The number of aromatic nitrogens is 2. The van der Waals surface area contributed by atoms with Crippen LogP contribution >= 0.6 is 0 Å². The van der Waals surface area contributed by atoms with Crippen LogP contribution in [0.5, 0.6) is 5.75 Å². The van der Waals surface area contributed by atoms with Gasteiger partial charge in [0.25, 0.3) is 0 Å². The highest BCUT2D eigenvalue weighted by Gasteiger charge is 2.27. The molecule has 0 saturated heterocycles. The molecular formula is C21H25F2N5O. The lowest BCUT2D eigenvalue weighted by Crippen LogP contribution is -2.29. The average molecular weight is 401 g/mol. The van der Waals surface area contributed by atoms with Crippen LogP contribution in [0.25, 0.3) is 5.57 Å². The van der Waals surface area contributed by atoms with Crippen molar-refractivity contribution in [3.63, 3.8) is 0 Å². The van der Waals surface area contributed by atoms with E-state index in [0.717, 1.165) is 16.8 Å². The van der Waals surface area contributed by atoms with Crippen molar-refractivity contribution in [1.29, 1.82) is 0 Å². The Morgan fingerprint density at radius 1 is 1.28 bits per heavy atom. The number of allylic oxidation sites excluding steroid dienone is 1. The van der Waals surface area contributed by atoms with Crippen LogP contribution < -0.4 is 20.7 Å². The van der Waals surface area contributed by atoms with E-state index in [1.165, 1.54) is 0 Å². The minimum Gasteiger partial charge on any atom is -0.492 e. The minimum absolute atomic E-state index is 0.206. The fourth-order valence-electron chi connectivity index (χ4n) is 3.80. The Bertz CT molecular complexity index is 947. The van der Waals surface area contributed by atoms with Gasteiger partial charge in [0.2, 0.25) is 5.95 Å². The maximum absolute atomic E-state index is 15.6. The minimum atomic E-state index is -0.432. The lowest BCUT2D eigenvalue weighted by Gasteiger charge is -2.17.